The van der Waals surface area contributed by atoms with E-state index in [4.69, 9.17) is 0 Å². The molecule has 0 amide bonds. The van der Waals surface area contributed by atoms with Crippen LogP contribution in [0.1, 0.15) is 40.5 Å². The first-order valence-corrected chi connectivity index (χ1v) is 7.42. The van der Waals surface area contributed by atoms with Crippen LogP contribution in [0.5, 0.6) is 0 Å². The molecule has 0 saturated heterocycles. The maximum atomic E-state index is 3.69. The Hall–Kier alpha value is -1.18. The molecule has 0 heterocycles. The molecule has 1 rings (SSSR count). The zero-order valence-corrected chi connectivity index (χ0v) is 13.4. The van der Waals surface area contributed by atoms with Gasteiger partial charge in [-0.3, -0.25) is 0 Å². The SMILES string of the molecule is CC(C)CC(CC(C)C)Nc1ccc(N(C)C)cc1. The molecule has 1 aromatic carbocycles. The van der Waals surface area contributed by atoms with Gasteiger partial charge < -0.3 is 10.2 Å². The van der Waals surface area contributed by atoms with Crippen LogP contribution in [0.4, 0.5) is 11.4 Å². The van der Waals surface area contributed by atoms with Crippen molar-refractivity contribution >= 4 is 11.4 Å². The summed E-state index contributed by atoms with van der Waals surface area (Å²) < 4.78 is 0. The molecule has 0 unspecified atom stereocenters. The molecular formula is C17H30N2. The molecule has 0 bridgehead atoms. The summed E-state index contributed by atoms with van der Waals surface area (Å²) in [5.41, 5.74) is 2.48. The Morgan fingerprint density at radius 1 is 0.895 bits per heavy atom. The van der Waals surface area contributed by atoms with E-state index < -0.39 is 0 Å². The summed E-state index contributed by atoms with van der Waals surface area (Å²) >= 11 is 0. The number of rotatable bonds is 7. The van der Waals surface area contributed by atoms with Gasteiger partial charge in [0.2, 0.25) is 0 Å². The van der Waals surface area contributed by atoms with Gasteiger partial charge in [-0.1, -0.05) is 27.7 Å². The number of nitrogens with one attached hydrogen (secondary N) is 1. The third kappa shape index (κ3) is 6.00. The third-order valence-electron chi connectivity index (χ3n) is 3.27. The van der Waals surface area contributed by atoms with Crippen molar-refractivity contribution in [3.63, 3.8) is 0 Å². The van der Waals surface area contributed by atoms with Gasteiger partial charge in [0.25, 0.3) is 0 Å². The number of nitrogens with zero attached hydrogens (tertiary/aromatic N) is 1. The second-order valence-electron chi connectivity index (χ2n) is 6.54. The molecule has 0 radical (unpaired) electrons. The molecule has 0 fully saturated rings. The molecule has 0 saturated carbocycles. The van der Waals surface area contributed by atoms with E-state index in [1.807, 2.05) is 0 Å². The number of benzene rings is 1. The van der Waals surface area contributed by atoms with Crippen LogP contribution in [-0.2, 0) is 0 Å². The lowest BCUT2D eigenvalue weighted by atomic mass is 9.95. The predicted molar refractivity (Wildman–Crippen MR) is 87.1 cm³/mol. The zero-order chi connectivity index (χ0) is 14.4. The van der Waals surface area contributed by atoms with Crippen molar-refractivity contribution < 1.29 is 0 Å². The van der Waals surface area contributed by atoms with Crippen molar-refractivity contribution in [2.45, 2.75) is 46.6 Å². The Morgan fingerprint density at radius 2 is 1.37 bits per heavy atom. The molecule has 0 aromatic heterocycles. The average Bonchev–Trinajstić information content (AvgIpc) is 2.27. The molecule has 19 heavy (non-hydrogen) atoms. The van der Waals surface area contributed by atoms with Crippen molar-refractivity contribution in [2.24, 2.45) is 11.8 Å². The van der Waals surface area contributed by atoms with E-state index in [9.17, 15) is 0 Å². The molecule has 108 valence electrons. The van der Waals surface area contributed by atoms with Crippen LogP contribution in [0.25, 0.3) is 0 Å². The predicted octanol–water partition coefficient (Wildman–Crippen LogP) is 4.63. The minimum atomic E-state index is 0.574. The molecule has 0 aliphatic carbocycles. The molecule has 2 heteroatoms. The van der Waals surface area contributed by atoms with Crippen molar-refractivity contribution in [1.29, 1.82) is 0 Å². The summed E-state index contributed by atoms with van der Waals surface area (Å²) in [5.74, 6) is 1.47. The molecule has 0 aliphatic heterocycles. The van der Waals surface area contributed by atoms with Crippen LogP contribution in [0.15, 0.2) is 24.3 Å². The first-order chi connectivity index (χ1) is 8.88. The number of hydrogen-bond donors (Lipinski definition) is 1. The van der Waals surface area contributed by atoms with E-state index in [1.54, 1.807) is 0 Å². The highest BCUT2D eigenvalue weighted by Gasteiger charge is 2.12. The van der Waals surface area contributed by atoms with Crippen LogP contribution in [0.3, 0.4) is 0 Å². The van der Waals surface area contributed by atoms with E-state index in [-0.39, 0.29) is 0 Å². The summed E-state index contributed by atoms with van der Waals surface area (Å²) in [4.78, 5) is 2.13. The van der Waals surface area contributed by atoms with E-state index in [0.717, 1.165) is 11.8 Å². The average molecular weight is 262 g/mol. The van der Waals surface area contributed by atoms with Gasteiger partial charge in [-0.15, -0.1) is 0 Å². The van der Waals surface area contributed by atoms with Gasteiger partial charge in [-0.05, 0) is 48.9 Å². The van der Waals surface area contributed by atoms with Gasteiger partial charge in [0.1, 0.15) is 0 Å². The van der Waals surface area contributed by atoms with Crippen molar-refractivity contribution in [1.82, 2.24) is 0 Å². The summed E-state index contributed by atoms with van der Waals surface area (Å²) in [6.07, 6.45) is 2.46. The minimum Gasteiger partial charge on any atom is -0.382 e. The molecule has 0 aliphatic rings. The Bertz CT molecular complexity index is 342. The molecule has 1 aromatic rings. The van der Waals surface area contributed by atoms with Crippen LogP contribution in [0, 0.1) is 11.8 Å². The molecule has 0 spiro atoms. The lowest BCUT2D eigenvalue weighted by Crippen LogP contribution is -2.23. The highest BCUT2D eigenvalue weighted by atomic mass is 15.1. The fraction of sp³-hybridized carbons (Fsp3) is 0.647. The monoisotopic (exact) mass is 262 g/mol. The number of hydrogen-bond acceptors (Lipinski definition) is 2. The van der Waals surface area contributed by atoms with Gasteiger partial charge >= 0.3 is 0 Å². The standard InChI is InChI=1S/C17H30N2/c1-13(2)11-16(12-14(3)4)18-15-7-9-17(10-8-15)19(5)6/h7-10,13-14,16,18H,11-12H2,1-6H3. The Labute approximate surface area is 119 Å². The Kier molecular flexibility index (Phi) is 6.20. The minimum absolute atomic E-state index is 0.574. The topological polar surface area (TPSA) is 15.3 Å². The second-order valence-corrected chi connectivity index (χ2v) is 6.54. The van der Waals surface area contributed by atoms with E-state index in [1.165, 1.54) is 24.2 Å². The quantitative estimate of drug-likeness (QED) is 0.771. The summed E-state index contributed by atoms with van der Waals surface area (Å²) in [6.45, 7) is 9.18. The van der Waals surface area contributed by atoms with Crippen LogP contribution in [0.2, 0.25) is 0 Å². The fourth-order valence-electron chi connectivity index (χ4n) is 2.44. The van der Waals surface area contributed by atoms with Gasteiger partial charge in [0.15, 0.2) is 0 Å². The van der Waals surface area contributed by atoms with E-state index in [0.29, 0.717) is 6.04 Å². The Morgan fingerprint density at radius 3 is 1.74 bits per heavy atom. The van der Waals surface area contributed by atoms with E-state index >= 15 is 0 Å². The van der Waals surface area contributed by atoms with Gasteiger partial charge in [0, 0.05) is 31.5 Å². The van der Waals surface area contributed by atoms with Crippen LogP contribution < -0.4 is 10.2 Å². The van der Waals surface area contributed by atoms with Gasteiger partial charge in [0.05, 0.1) is 0 Å². The fourth-order valence-corrected chi connectivity index (χ4v) is 2.44. The molecule has 2 nitrogen and oxygen atoms in total. The van der Waals surface area contributed by atoms with Crippen molar-refractivity contribution in [3.8, 4) is 0 Å². The number of anilines is 2. The highest BCUT2D eigenvalue weighted by Crippen LogP contribution is 2.21. The lowest BCUT2D eigenvalue weighted by Gasteiger charge is -2.24. The summed E-state index contributed by atoms with van der Waals surface area (Å²) in [6, 6.07) is 9.28. The first kappa shape index (κ1) is 15.9. The molecule has 1 N–H and O–H groups in total. The summed E-state index contributed by atoms with van der Waals surface area (Å²) in [5, 5.41) is 3.69. The normalized spacial score (nSPS) is 11.4. The smallest absolute Gasteiger partial charge is 0.0362 e. The maximum absolute atomic E-state index is 3.69. The second kappa shape index (κ2) is 7.42. The Balaban J connectivity index is 2.66. The van der Waals surface area contributed by atoms with Gasteiger partial charge in [-0.25, -0.2) is 0 Å². The third-order valence-corrected chi connectivity index (χ3v) is 3.27. The van der Waals surface area contributed by atoms with Crippen molar-refractivity contribution in [2.75, 3.05) is 24.3 Å². The highest BCUT2D eigenvalue weighted by molar-refractivity contribution is 5.54. The lowest BCUT2D eigenvalue weighted by molar-refractivity contribution is 0.442. The van der Waals surface area contributed by atoms with Crippen LogP contribution >= 0.6 is 0 Å². The largest absolute Gasteiger partial charge is 0.382 e. The van der Waals surface area contributed by atoms with Crippen LogP contribution in [-0.4, -0.2) is 20.1 Å². The van der Waals surface area contributed by atoms with Gasteiger partial charge in [-0.2, -0.15) is 0 Å². The summed E-state index contributed by atoms with van der Waals surface area (Å²) in [7, 11) is 4.14. The molecule has 0 atom stereocenters. The van der Waals surface area contributed by atoms with E-state index in [2.05, 4.69) is 76.3 Å². The van der Waals surface area contributed by atoms with Crippen molar-refractivity contribution in [3.05, 3.63) is 24.3 Å². The molecular weight excluding hydrogens is 232 g/mol. The maximum Gasteiger partial charge on any atom is 0.0362 e. The first-order valence-electron chi connectivity index (χ1n) is 7.42. The zero-order valence-electron chi connectivity index (χ0n) is 13.4.